The molecule has 2 aliphatic heterocycles. The number of ether oxygens (including phenoxy) is 4. The topological polar surface area (TPSA) is 134 Å². The smallest absolute Gasteiger partial charge is 0.260 e. The molecule has 1 saturated heterocycles. The second kappa shape index (κ2) is 14.3. The zero-order chi connectivity index (χ0) is 32.9. The van der Waals surface area contributed by atoms with Crippen LogP contribution in [0.1, 0.15) is 34.2 Å². The molecule has 2 atom stereocenters. The van der Waals surface area contributed by atoms with Crippen molar-refractivity contribution in [1.29, 1.82) is 5.26 Å². The van der Waals surface area contributed by atoms with Gasteiger partial charge in [0, 0.05) is 24.7 Å². The zero-order valence-corrected chi connectivity index (χ0v) is 26.5. The predicted octanol–water partition coefficient (Wildman–Crippen LogP) is 5.56. The molecule has 0 aromatic heterocycles. The fourth-order valence-corrected chi connectivity index (χ4v) is 6.22. The first-order valence-electron chi connectivity index (χ1n) is 15.2. The van der Waals surface area contributed by atoms with Crippen LogP contribution >= 0.6 is 11.6 Å². The molecule has 4 aromatic rings. The van der Waals surface area contributed by atoms with Gasteiger partial charge in [-0.05, 0) is 71.5 Å². The van der Waals surface area contributed by atoms with Crippen LogP contribution in [0.25, 0.3) is 11.1 Å². The van der Waals surface area contributed by atoms with Gasteiger partial charge in [0.15, 0.2) is 11.5 Å². The maximum Gasteiger partial charge on any atom is 0.260 e. The lowest BCUT2D eigenvalue weighted by atomic mass is 9.96. The quantitative estimate of drug-likeness (QED) is 0.148. The Hall–Kier alpha value is -4.79. The molecule has 4 aromatic carbocycles. The number of likely N-dealkylation sites (tertiary alicyclic amines) is 1. The number of carbonyl (C=O) groups excluding carboxylic acids is 1. The number of fused-ring (bicyclic) bond motifs is 1. The second-order valence-corrected chi connectivity index (χ2v) is 11.9. The van der Waals surface area contributed by atoms with Gasteiger partial charge in [0.05, 0.1) is 28.8 Å². The molecule has 0 radical (unpaired) electrons. The molecule has 0 spiro atoms. The van der Waals surface area contributed by atoms with E-state index in [9.17, 15) is 20.4 Å². The molecule has 47 heavy (non-hydrogen) atoms. The van der Waals surface area contributed by atoms with Crippen LogP contribution < -0.4 is 24.4 Å². The maximum atomic E-state index is 12.3. The van der Waals surface area contributed by atoms with Gasteiger partial charge in [-0.1, -0.05) is 48.0 Å². The van der Waals surface area contributed by atoms with Crippen LogP contribution in [0.15, 0.2) is 72.8 Å². The van der Waals surface area contributed by atoms with E-state index >= 15 is 0 Å². The van der Waals surface area contributed by atoms with E-state index in [0.29, 0.717) is 40.9 Å². The Labute approximate surface area is 277 Å². The summed E-state index contributed by atoms with van der Waals surface area (Å²) in [5.41, 5.74) is 7.75. The van der Waals surface area contributed by atoms with Crippen molar-refractivity contribution in [2.24, 2.45) is 0 Å². The highest BCUT2D eigenvalue weighted by molar-refractivity contribution is 6.32. The lowest BCUT2D eigenvalue weighted by molar-refractivity contribution is -0.134. The molecule has 3 N–H and O–H groups in total. The van der Waals surface area contributed by atoms with Crippen molar-refractivity contribution in [2.75, 3.05) is 19.8 Å². The summed E-state index contributed by atoms with van der Waals surface area (Å²) in [7, 11) is 0. The summed E-state index contributed by atoms with van der Waals surface area (Å²) in [5.74, 6) is 1.74. The van der Waals surface area contributed by atoms with Gasteiger partial charge in [-0.25, -0.2) is 5.48 Å². The van der Waals surface area contributed by atoms with E-state index in [1.54, 1.807) is 40.7 Å². The van der Waals surface area contributed by atoms with Gasteiger partial charge >= 0.3 is 0 Å². The number of β-amino-alcohol motifs (C(OH)–C–C–N with tert-alkyl or cyclic N) is 1. The Kier molecular flexibility index (Phi) is 9.80. The Morgan fingerprint density at radius 3 is 2.60 bits per heavy atom. The number of amides is 1. The second-order valence-electron chi connectivity index (χ2n) is 11.5. The Morgan fingerprint density at radius 1 is 1.00 bits per heavy atom. The first-order chi connectivity index (χ1) is 22.8. The number of rotatable bonds is 10. The molecule has 0 bridgehead atoms. The summed E-state index contributed by atoms with van der Waals surface area (Å²) in [4.78, 5) is 14.1. The summed E-state index contributed by atoms with van der Waals surface area (Å²) in [5, 5.41) is 29.2. The van der Waals surface area contributed by atoms with Crippen LogP contribution in [0, 0.1) is 18.3 Å². The number of hydrogen-bond donors (Lipinski definition) is 3. The molecule has 1 amide bonds. The van der Waals surface area contributed by atoms with Gasteiger partial charge in [0.1, 0.15) is 37.9 Å². The van der Waals surface area contributed by atoms with Crippen molar-refractivity contribution >= 4 is 17.5 Å². The SMILES string of the molecule is Cc1c(COc2cc(OCc3cccc(C#N)c3)c(CN3C[C@@H](O)C[C@H]3C(=O)NO)cc2Cl)cccc1-c1ccc2c(c1)OCCO2. The third kappa shape index (κ3) is 7.29. The number of nitriles is 1. The van der Waals surface area contributed by atoms with Crippen molar-refractivity contribution in [3.63, 3.8) is 0 Å². The maximum absolute atomic E-state index is 12.3. The van der Waals surface area contributed by atoms with Crippen LogP contribution in [-0.2, 0) is 24.6 Å². The number of hydroxylamine groups is 1. The van der Waals surface area contributed by atoms with Crippen molar-refractivity contribution in [2.45, 2.75) is 45.2 Å². The van der Waals surface area contributed by atoms with Crippen LogP contribution in [0.4, 0.5) is 0 Å². The van der Waals surface area contributed by atoms with E-state index in [1.807, 2.05) is 43.3 Å². The van der Waals surface area contributed by atoms with Crippen molar-refractivity contribution < 1.29 is 34.1 Å². The molecule has 10 nitrogen and oxygen atoms in total. The molecule has 0 saturated carbocycles. The molecule has 1 fully saturated rings. The molecule has 0 aliphatic carbocycles. The van der Waals surface area contributed by atoms with Gasteiger partial charge < -0.3 is 24.1 Å². The highest BCUT2D eigenvalue weighted by Crippen LogP contribution is 2.38. The number of nitrogens with zero attached hydrogens (tertiary/aromatic N) is 2. The minimum Gasteiger partial charge on any atom is -0.488 e. The van der Waals surface area contributed by atoms with Gasteiger partial charge in [0.2, 0.25) is 0 Å². The van der Waals surface area contributed by atoms with Crippen molar-refractivity contribution in [3.05, 3.63) is 106 Å². The van der Waals surface area contributed by atoms with Crippen LogP contribution in [-0.4, -0.2) is 53.0 Å². The number of nitrogens with one attached hydrogen (secondary N) is 1. The van der Waals surface area contributed by atoms with Gasteiger partial charge in [-0.2, -0.15) is 5.26 Å². The lowest BCUT2D eigenvalue weighted by Gasteiger charge is -2.24. The fraction of sp³-hybridized carbons (Fsp3) is 0.278. The van der Waals surface area contributed by atoms with E-state index in [2.05, 4.69) is 12.1 Å². The molecule has 242 valence electrons. The first kappa shape index (κ1) is 32.2. The standard InChI is InChI=1S/C36H34ClN3O7/c1-22-26(6-3-7-29(22)25-8-9-32-35(14-25)45-11-10-44-32)21-47-34-16-33(46-20-24-5-2-4-23(12-24)17-38)27(13-30(34)37)18-40-19-28(41)15-31(40)36(42)39-43/h2-9,12-14,16,28,31,41,43H,10-11,15,18-21H2,1H3,(H,39,42)/t28-,31-/m0/s1. The summed E-state index contributed by atoms with van der Waals surface area (Å²) < 4.78 is 24.0. The average molecular weight is 656 g/mol. The van der Waals surface area contributed by atoms with E-state index in [0.717, 1.165) is 39.3 Å². The highest BCUT2D eigenvalue weighted by atomic mass is 35.5. The molecular formula is C36H34ClN3O7. The number of carbonyl (C=O) groups is 1. The van der Waals surface area contributed by atoms with Gasteiger partial charge in [-0.15, -0.1) is 0 Å². The highest BCUT2D eigenvalue weighted by Gasteiger charge is 2.36. The average Bonchev–Trinajstić information content (AvgIpc) is 3.46. The molecule has 11 heteroatoms. The summed E-state index contributed by atoms with van der Waals surface area (Å²) in [6, 6.07) is 24.0. The zero-order valence-electron chi connectivity index (χ0n) is 25.7. The minimum absolute atomic E-state index is 0.170. The molecule has 0 unspecified atom stereocenters. The molecule has 2 heterocycles. The Bertz CT molecular complexity index is 1830. The van der Waals surface area contributed by atoms with E-state index in [1.165, 1.54) is 0 Å². The number of halogens is 1. The van der Waals surface area contributed by atoms with Crippen LogP contribution in [0.5, 0.6) is 23.0 Å². The van der Waals surface area contributed by atoms with E-state index in [-0.39, 0.29) is 32.7 Å². The number of benzene rings is 4. The van der Waals surface area contributed by atoms with E-state index < -0.39 is 18.1 Å². The summed E-state index contributed by atoms with van der Waals surface area (Å²) >= 11 is 6.77. The summed E-state index contributed by atoms with van der Waals surface area (Å²) in [6.07, 6.45) is -0.544. The third-order valence-electron chi connectivity index (χ3n) is 8.42. The Balaban J connectivity index is 1.26. The van der Waals surface area contributed by atoms with Gasteiger partial charge in [-0.3, -0.25) is 14.9 Å². The third-order valence-corrected chi connectivity index (χ3v) is 8.71. The fourth-order valence-electron chi connectivity index (χ4n) is 5.98. The van der Waals surface area contributed by atoms with Crippen LogP contribution in [0.2, 0.25) is 5.02 Å². The number of aliphatic hydroxyl groups excluding tert-OH is 1. The monoisotopic (exact) mass is 655 g/mol. The first-order valence-corrected chi connectivity index (χ1v) is 15.6. The normalized spacial score (nSPS) is 17.2. The number of hydrogen-bond acceptors (Lipinski definition) is 9. The predicted molar refractivity (Wildman–Crippen MR) is 174 cm³/mol. The van der Waals surface area contributed by atoms with Crippen molar-refractivity contribution in [1.82, 2.24) is 10.4 Å². The Morgan fingerprint density at radius 2 is 1.79 bits per heavy atom. The van der Waals surface area contributed by atoms with Gasteiger partial charge in [0.25, 0.3) is 5.91 Å². The number of aliphatic hydroxyl groups is 1. The van der Waals surface area contributed by atoms with Crippen molar-refractivity contribution in [3.8, 4) is 40.2 Å². The summed E-state index contributed by atoms with van der Waals surface area (Å²) in [6.45, 7) is 3.96. The largest absolute Gasteiger partial charge is 0.488 e. The molecule has 2 aliphatic rings. The molecule has 6 rings (SSSR count). The molecular weight excluding hydrogens is 622 g/mol. The van der Waals surface area contributed by atoms with E-state index in [4.69, 9.17) is 30.5 Å². The minimum atomic E-state index is -0.727. The van der Waals surface area contributed by atoms with Crippen LogP contribution in [0.3, 0.4) is 0 Å². The lowest BCUT2D eigenvalue weighted by Crippen LogP contribution is -2.41.